The molecule has 1 amide bonds. The van der Waals surface area contributed by atoms with Gasteiger partial charge in [0.25, 0.3) is 5.91 Å². The summed E-state index contributed by atoms with van der Waals surface area (Å²) >= 11 is 0. The van der Waals surface area contributed by atoms with Crippen molar-refractivity contribution in [2.24, 2.45) is 0 Å². The van der Waals surface area contributed by atoms with Crippen molar-refractivity contribution in [1.29, 1.82) is 0 Å². The van der Waals surface area contributed by atoms with Gasteiger partial charge < -0.3 is 20.3 Å². The second-order valence-electron chi connectivity index (χ2n) is 6.97. The van der Waals surface area contributed by atoms with E-state index in [9.17, 15) is 4.79 Å². The van der Waals surface area contributed by atoms with Crippen molar-refractivity contribution in [1.82, 2.24) is 5.32 Å². The van der Waals surface area contributed by atoms with Crippen LogP contribution in [-0.4, -0.2) is 45.2 Å². The zero-order chi connectivity index (χ0) is 16.6. The van der Waals surface area contributed by atoms with Crippen molar-refractivity contribution < 1.29 is 19.7 Å². The number of quaternary nitrogens is 2. The van der Waals surface area contributed by atoms with Gasteiger partial charge in [0, 0.05) is 11.1 Å². The van der Waals surface area contributed by atoms with Crippen molar-refractivity contribution >= 4 is 5.91 Å². The molecule has 0 aromatic heterocycles. The summed E-state index contributed by atoms with van der Waals surface area (Å²) in [5, 5.41) is 5.18. The Morgan fingerprint density at radius 1 is 1.23 bits per heavy atom. The first-order valence-electron chi connectivity index (χ1n) is 7.90. The molecule has 0 radical (unpaired) electrons. The van der Waals surface area contributed by atoms with Gasteiger partial charge >= 0.3 is 0 Å². The van der Waals surface area contributed by atoms with Gasteiger partial charge in [-0.1, -0.05) is 0 Å². The summed E-state index contributed by atoms with van der Waals surface area (Å²) in [5.41, 5.74) is 1.04. The third kappa shape index (κ3) is 8.64. The van der Waals surface area contributed by atoms with Crippen LogP contribution in [0.25, 0.3) is 0 Å². The van der Waals surface area contributed by atoms with Crippen LogP contribution < -0.4 is 20.3 Å². The molecule has 0 saturated heterocycles. The maximum Gasteiger partial charge on any atom is 0.258 e. The fourth-order valence-electron chi connectivity index (χ4n) is 1.98. The normalized spacial score (nSPS) is 11.5. The molecule has 1 aromatic rings. The molecule has 22 heavy (non-hydrogen) atoms. The highest BCUT2D eigenvalue weighted by Crippen LogP contribution is 2.11. The van der Waals surface area contributed by atoms with Gasteiger partial charge in [-0.2, -0.15) is 0 Å². The number of hydrogen-bond donors (Lipinski definition) is 3. The van der Waals surface area contributed by atoms with Crippen molar-refractivity contribution in [3.05, 3.63) is 29.8 Å². The summed E-state index contributed by atoms with van der Waals surface area (Å²) in [6, 6.07) is 7.95. The van der Waals surface area contributed by atoms with E-state index in [1.54, 1.807) is 0 Å². The van der Waals surface area contributed by atoms with Crippen LogP contribution in [0.1, 0.15) is 26.3 Å². The van der Waals surface area contributed by atoms with Gasteiger partial charge in [0.15, 0.2) is 6.61 Å². The monoisotopic (exact) mass is 309 g/mol. The lowest BCUT2D eigenvalue weighted by atomic mass is 10.1. The number of carbonyl (C=O) groups excluding carboxylic acids is 1. The molecule has 124 valence electrons. The number of nitrogens with two attached hydrogens (primary N) is 1. The zero-order valence-corrected chi connectivity index (χ0v) is 14.5. The van der Waals surface area contributed by atoms with Crippen LogP contribution in [0.15, 0.2) is 24.3 Å². The average Bonchev–Trinajstić information content (AvgIpc) is 2.40. The number of ether oxygens (including phenoxy) is 1. The van der Waals surface area contributed by atoms with Crippen molar-refractivity contribution in [2.45, 2.75) is 32.9 Å². The van der Waals surface area contributed by atoms with Crippen molar-refractivity contribution in [3.63, 3.8) is 0 Å². The first kappa shape index (κ1) is 18.5. The molecule has 0 aliphatic carbocycles. The first-order chi connectivity index (χ1) is 10.3. The highest BCUT2D eigenvalue weighted by atomic mass is 16.5. The Morgan fingerprint density at radius 3 is 2.41 bits per heavy atom. The van der Waals surface area contributed by atoms with Gasteiger partial charge in [-0.3, -0.25) is 4.79 Å². The Bertz CT molecular complexity index is 450. The molecule has 5 heteroatoms. The Labute approximate surface area is 134 Å². The predicted octanol–water partition coefficient (Wildman–Crippen LogP) is -0.812. The van der Waals surface area contributed by atoms with Crippen LogP contribution in [0.5, 0.6) is 5.75 Å². The molecule has 1 rings (SSSR count). The number of hydrogen-bond acceptors (Lipinski definition) is 2. The Morgan fingerprint density at radius 2 is 1.86 bits per heavy atom. The fourth-order valence-corrected chi connectivity index (χ4v) is 1.98. The standard InChI is InChI=1S/C17H29N3O2/c1-17(2,3)19-16(21)13-22-15-8-6-14(7-9-15)12-18-10-11-20(4)5/h6-9,18H,10-13H2,1-5H3,(H,19,21)/p+2. The molecule has 4 N–H and O–H groups in total. The molecule has 0 atom stereocenters. The fraction of sp³-hybridized carbons (Fsp3) is 0.588. The molecular weight excluding hydrogens is 278 g/mol. The highest BCUT2D eigenvalue weighted by Gasteiger charge is 2.13. The van der Waals surface area contributed by atoms with Crippen LogP contribution in [0.2, 0.25) is 0 Å². The number of nitrogens with one attached hydrogen (secondary N) is 2. The summed E-state index contributed by atoms with van der Waals surface area (Å²) in [6.45, 7) is 9.15. The largest absolute Gasteiger partial charge is 0.484 e. The van der Waals surface area contributed by atoms with E-state index in [-0.39, 0.29) is 18.1 Å². The van der Waals surface area contributed by atoms with E-state index in [0.29, 0.717) is 0 Å². The molecule has 0 saturated carbocycles. The minimum absolute atomic E-state index is 0.0500. The lowest BCUT2D eigenvalue weighted by Gasteiger charge is -2.20. The van der Waals surface area contributed by atoms with Gasteiger partial charge in [0.1, 0.15) is 25.4 Å². The Hall–Kier alpha value is -1.59. The molecule has 0 aliphatic heterocycles. The summed E-state index contributed by atoms with van der Waals surface area (Å²) in [6.07, 6.45) is 0. The van der Waals surface area contributed by atoms with E-state index in [0.717, 1.165) is 25.4 Å². The molecule has 0 spiro atoms. The van der Waals surface area contributed by atoms with Crippen molar-refractivity contribution in [3.8, 4) is 5.75 Å². The Kier molecular flexibility index (Phi) is 7.35. The number of likely N-dealkylation sites (N-methyl/N-ethyl adjacent to an activating group) is 1. The van der Waals surface area contributed by atoms with Gasteiger partial charge in [0.2, 0.25) is 0 Å². The molecule has 1 aromatic carbocycles. The van der Waals surface area contributed by atoms with Gasteiger partial charge in [-0.05, 0) is 45.0 Å². The quantitative estimate of drug-likeness (QED) is 0.550. The molecular formula is C17H31N3O2+2. The highest BCUT2D eigenvalue weighted by molar-refractivity contribution is 5.78. The lowest BCUT2D eigenvalue weighted by molar-refractivity contribution is -0.875. The van der Waals surface area contributed by atoms with E-state index in [2.05, 4.69) is 36.9 Å². The van der Waals surface area contributed by atoms with Crippen molar-refractivity contribution in [2.75, 3.05) is 33.8 Å². The molecule has 0 heterocycles. The zero-order valence-electron chi connectivity index (χ0n) is 14.5. The van der Waals surface area contributed by atoms with E-state index in [1.807, 2.05) is 32.9 Å². The van der Waals surface area contributed by atoms with Crippen LogP contribution in [0.4, 0.5) is 0 Å². The summed E-state index contributed by atoms with van der Waals surface area (Å²) in [4.78, 5) is 13.2. The molecule has 0 unspecified atom stereocenters. The number of rotatable bonds is 8. The van der Waals surface area contributed by atoms with Gasteiger partial charge in [0.05, 0.1) is 14.1 Å². The van der Waals surface area contributed by atoms with Gasteiger partial charge in [-0.15, -0.1) is 0 Å². The predicted molar refractivity (Wildman–Crippen MR) is 88.0 cm³/mol. The molecule has 0 aliphatic rings. The lowest BCUT2D eigenvalue weighted by Crippen LogP contribution is -3.09. The second-order valence-corrected chi connectivity index (χ2v) is 6.97. The van der Waals surface area contributed by atoms with Gasteiger partial charge in [-0.25, -0.2) is 0 Å². The molecule has 0 bridgehead atoms. The average molecular weight is 309 g/mol. The number of benzene rings is 1. The summed E-state index contributed by atoms with van der Waals surface area (Å²) < 4.78 is 5.50. The van der Waals surface area contributed by atoms with E-state index < -0.39 is 0 Å². The maximum absolute atomic E-state index is 11.7. The number of carbonyl (C=O) groups is 1. The topological polar surface area (TPSA) is 59.4 Å². The van der Waals surface area contributed by atoms with E-state index in [4.69, 9.17) is 4.74 Å². The van der Waals surface area contributed by atoms with Crippen LogP contribution in [0, 0.1) is 0 Å². The third-order valence-electron chi connectivity index (χ3n) is 3.04. The molecule has 5 nitrogen and oxygen atoms in total. The second kappa shape index (κ2) is 8.76. The summed E-state index contributed by atoms with van der Waals surface area (Å²) in [5.74, 6) is 0.627. The minimum Gasteiger partial charge on any atom is -0.484 e. The first-order valence-corrected chi connectivity index (χ1v) is 7.90. The van der Waals surface area contributed by atoms with Crippen LogP contribution in [-0.2, 0) is 11.3 Å². The number of amides is 1. The summed E-state index contributed by atoms with van der Waals surface area (Å²) in [7, 11) is 4.32. The maximum atomic E-state index is 11.7. The SMILES string of the molecule is C[NH+](C)CC[NH2+]Cc1ccc(OCC(=O)NC(C)(C)C)cc1. The molecule has 0 fully saturated rings. The Balaban J connectivity index is 2.31. The van der Waals surface area contributed by atoms with Crippen LogP contribution in [0.3, 0.4) is 0 Å². The van der Waals surface area contributed by atoms with Crippen LogP contribution >= 0.6 is 0 Å². The third-order valence-corrected chi connectivity index (χ3v) is 3.04. The minimum atomic E-state index is -0.228. The van der Waals surface area contributed by atoms with E-state index in [1.165, 1.54) is 10.5 Å². The smallest absolute Gasteiger partial charge is 0.258 e. The van der Waals surface area contributed by atoms with E-state index >= 15 is 0 Å².